The quantitative estimate of drug-likeness (QED) is 0.305. The van der Waals surface area contributed by atoms with Crippen molar-refractivity contribution in [2.45, 2.75) is 25.9 Å². The van der Waals surface area contributed by atoms with Crippen molar-refractivity contribution in [1.82, 2.24) is 0 Å². The van der Waals surface area contributed by atoms with Crippen molar-refractivity contribution in [3.63, 3.8) is 0 Å². The Morgan fingerprint density at radius 2 is 1.50 bits per heavy atom. The Bertz CT molecular complexity index is 1200. The number of benzene rings is 3. The molecule has 0 radical (unpaired) electrons. The van der Waals surface area contributed by atoms with Crippen LogP contribution >= 0.6 is 0 Å². The Morgan fingerprint density at radius 3 is 2.08 bits per heavy atom. The largest absolute Gasteiger partial charge is 0.493 e. The fourth-order valence-electron chi connectivity index (χ4n) is 3.64. The fraction of sp³-hybridized carbons (Fsp3) is 0.250. The van der Waals surface area contributed by atoms with E-state index in [0.717, 1.165) is 5.56 Å². The van der Waals surface area contributed by atoms with Gasteiger partial charge in [-0.3, -0.25) is 14.4 Å². The third-order valence-electron chi connectivity index (χ3n) is 5.47. The second-order valence-electron chi connectivity index (χ2n) is 7.94. The number of carbonyl (C=O) groups is 3. The summed E-state index contributed by atoms with van der Waals surface area (Å²) in [6.07, 6.45) is -0.811. The molecule has 8 nitrogen and oxygen atoms in total. The zero-order chi connectivity index (χ0) is 26.1. The molecule has 0 bridgehead atoms. The third kappa shape index (κ3) is 6.63. The van der Waals surface area contributed by atoms with Gasteiger partial charge >= 0.3 is 5.97 Å². The highest BCUT2D eigenvalue weighted by Crippen LogP contribution is 2.38. The lowest BCUT2D eigenvalue weighted by Crippen LogP contribution is -2.26. The predicted molar refractivity (Wildman–Crippen MR) is 135 cm³/mol. The summed E-state index contributed by atoms with van der Waals surface area (Å²) in [5, 5.41) is 2.74. The van der Waals surface area contributed by atoms with Gasteiger partial charge in [0.1, 0.15) is 0 Å². The van der Waals surface area contributed by atoms with Gasteiger partial charge in [0.15, 0.2) is 17.3 Å². The number of carbonyl (C=O) groups excluding carboxylic acids is 3. The number of aryl methyl sites for hydroxylation is 1. The molecule has 0 heterocycles. The van der Waals surface area contributed by atoms with Gasteiger partial charge in [0, 0.05) is 23.2 Å². The van der Waals surface area contributed by atoms with E-state index in [-0.39, 0.29) is 12.2 Å². The number of ketones is 1. The van der Waals surface area contributed by atoms with E-state index >= 15 is 0 Å². The van der Waals surface area contributed by atoms with Crippen LogP contribution in [0.2, 0.25) is 0 Å². The first-order chi connectivity index (χ1) is 17.4. The van der Waals surface area contributed by atoms with Crippen LogP contribution in [0.3, 0.4) is 0 Å². The van der Waals surface area contributed by atoms with Crippen molar-refractivity contribution in [2.75, 3.05) is 26.6 Å². The van der Waals surface area contributed by atoms with Crippen molar-refractivity contribution < 1.29 is 33.3 Å². The molecule has 1 N–H and O–H groups in total. The topological polar surface area (TPSA) is 100 Å². The van der Waals surface area contributed by atoms with Gasteiger partial charge in [-0.25, -0.2) is 0 Å². The second kappa shape index (κ2) is 12.4. The summed E-state index contributed by atoms with van der Waals surface area (Å²) in [6, 6.07) is 18.9. The average molecular weight is 492 g/mol. The first kappa shape index (κ1) is 26.3. The van der Waals surface area contributed by atoms with Gasteiger partial charge < -0.3 is 24.3 Å². The highest BCUT2D eigenvalue weighted by molar-refractivity contribution is 5.99. The minimum atomic E-state index is -1.17. The number of Topliss-reactive ketones (excluding diaryl/α,β-unsaturated/α-hetero) is 1. The molecule has 8 heteroatoms. The molecule has 1 unspecified atom stereocenters. The molecular weight excluding hydrogens is 462 g/mol. The van der Waals surface area contributed by atoms with E-state index in [2.05, 4.69) is 5.32 Å². The Balaban J connectivity index is 1.75. The van der Waals surface area contributed by atoms with Crippen molar-refractivity contribution >= 4 is 23.3 Å². The number of rotatable bonds is 11. The summed E-state index contributed by atoms with van der Waals surface area (Å²) < 4.78 is 21.7. The Kier molecular flexibility index (Phi) is 9.05. The summed E-state index contributed by atoms with van der Waals surface area (Å²) in [6.45, 7) is 1.45. The maximum atomic E-state index is 13.1. The van der Waals surface area contributed by atoms with Crippen molar-refractivity contribution in [3.05, 3.63) is 83.4 Å². The molecule has 0 saturated heterocycles. The van der Waals surface area contributed by atoms with E-state index in [1.54, 1.807) is 66.7 Å². The molecular formula is C28H29NO7. The molecule has 0 aliphatic carbocycles. The van der Waals surface area contributed by atoms with Crippen LogP contribution < -0.4 is 19.5 Å². The van der Waals surface area contributed by atoms with Crippen molar-refractivity contribution in [2.24, 2.45) is 0 Å². The van der Waals surface area contributed by atoms with Crippen LogP contribution in [0.15, 0.2) is 66.7 Å². The van der Waals surface area contributed by atoms with E-state index in [4.69, 9.17) is 18.9 Å². The van der Waals surface area contributed by atoms with E-state index in [1.165, 1.54) is 28.3 Å². The number of ether oxygens (including phenoxy) is 4. The number of esters is 1. The Labute approximate surface area is 210 Å². The van der Waals surface area contributed by atoms with Gasteiger partial charge in [-0.2, -0.15) is 0 Å². The van der Waals surface area contributed by atoms with Gasteiger partial charge in [0.2, 0.25) is 11.9 Å². The summed E-state index contributed by atoms with van der Waals surface area (Å²) >= 11 is 0. The van der Waals surface area contributed by atoms with Crippen LogP contribution in [-0.2, 0) is 20.7 Å². The number of methoxy groups -OCH3 is 3. The van der Waals surface area contributed by atoms with Gasteiger partial charge in [-0.15, -0.1) is 0 Å². The summed E-state index contributed by atoms with van der Waals surface area (Å²) in [5.74, 6) is 0.224. The van der Waals surface area contributed by atoms with E-state index < -0.39 is 18.0 Å². The van der Waals surface area contributed by atoms with Gasteiger partial charge in [-0.1, -0.05) is 42.5 Å². The normalized spacial score (nSPS) is 11.2. The molecule has 0 fully saturated rings. The van der Waals surface area contributed by atoms with Crippen molar-refractivity contribution in [1.29, 1.82) is 0 Å². The molecule has 1 atom stereocenters. The van der Waals surface area contributed by atoms with Crippen LogP contribution in [0.4, 0.5) is 5.69 Å². The van der Waals surface area contributed by atoms with Crippen LogP contribution in [0.25, 0.3) is 0 Å². The number of amides is 1. The maximum Gasteiger partial charge on any atom is 0.307 e. The lowest BCUT2D eigenvalue weighted by atomic mass is 10.1. The highest BCUT2D eigenvalue weighted by atomic mass is 16.5. The summed E-state index contributed by atoms with van der Waals surface area (Å²) in [4.78, 5) is 37.6. The highest BCUT2D eigenvalue weighted by Gasteiger charge is 2.25. The first-order valence-electron chi connectivity index (χ1n) is 11.3. The summed E-state index contributed by atoms with van der Waals surface area (Å²) in [7, 11) is 4.55. The lowest BCUT2D eigenvalue weighted by molar-refractivity contribution is -0.154. The molecule has 0 aliphatic rings. The maximum absolute atomic E-state index is 13.1. The monoisotopic (exact) mass is 491 g/mol. The lowest BCUT2D eigenvalue weighted by Gasteiger charge is -2.19. The molecule has 3 aromatic carbocycles. The molecule has 0 saturated carbocycles. The van der Waals surface area contributed by atoms with E-state index in [9.17, 15) is 14.4 Å². The molecule has 3 aromatic rings. The molecule has 1 amide bonds. The molecule has 0 aromatic heterocycles. The molecule has 0 aliphatic heterocycles. The fourth-order valence-corrected chi connectivity index (χ4v) is 3.64. The van der Waals surface area contributed by atoms with Crippen LogP contribution in [0, 0.1) is 0 Å². The predicted octanol–water partition coefficient (Wildman–Crippen LogP) is 4.77. The SMILES string of the molecule is COc1cc(CCC(=O)OC(C(=O)Nc2cccc(C(C)=O)c2)c2ccccc2)cc(OC)c1OC. The van der Waals surface area contributed by atoms with Crippen molar-refractivity contribution in [3.8, 4) is 17.2 Å². The van der Waals surface area contributed by atoms with E-state index in [0.29, 0.717) is 40.5 Å². The summed E-state index contributed by atoms with van der Waals surface area (Å²) in [5.41, 5.74) is 2.20. The number of hydrogen-bond donors (Lipinski definition) is 1. The Morgan fingerprint density at radius 1 is 0.833 bits per heavy atom. The van der Waals surface area contributed by atoms with Gasteiger partial charge in [-0.05, 0) is 43.2 Å². The Hall–Kier alpha value is -4.33. The third-order valence-corrected chi connectivity index (χ3v) is 5.47. The number of hydrogen-bond acceptors (Lipinski definition) is 7. The molecule has 0 spiro atoms. The van der Waals surface area contributed by atoms with E-state index in [1.807, 2.05) is 0 Å². The van der Waals surface area contributed by atoms with Gasteiger partial charge in [0.05, 0.1) is 21.3 Å². The van der Waals surface area contributed by atoms with Crippen LogP contribution in [0.5, 0.6) is 17.2 Å². The molecule has 36 heavy (non-hydrogen) atoms. The van der Waals surface area contributed by atoms with Gasteiger partial charge in [0.25, 0.3) is 5.91 Å². The minimum absolute atomic E-state index is 0.0229. The van der Waals surface area contributed by atoms with Crippen LogP contribution in [-0.4, -0.2) is 39.0 Å². The minimum Gasteiger partial charge on any atom is -0.493 e. The first-order valence-corrected chi connectivity index (χ1v) is 11.3. The smallest absolute Gasteiger partial charge is 0.307 e. The molecule has 188 valence electrons. The second-order valence-corrected chi connectivity index (χ2v) is 7.94. The zero-order valence-corrected chi connectivity index (χ0v) is 20.7. The zero-order valence-electron chi connectivity index (χ0n) is 20.7. The van der Waals surface area contributed by atoms with Crippen LogP contribution in [0.1, 0.15) is 40.9 Å². The average Bonchev–Trinajstić information content (AvgIpc) is 2.90. The number of anilines is 1. The number of nitrogens with one attached hydrogen (secondary N) is 1. The standard InChI is InChI=1S/C28H29NO7/c1-18(30)21-11-8-12-22(17-21)29-28(32)26(20-9-6-5-7-10-20)36-25(31)14-13-19-15-23(33-2)27(35-4)24(16-19)34-3/h5-12,15-17,26H,13-14H2,1-4H3,(H,29,32). The molecule has 3 rings (SSSR count).